The van der Waals surface area contributed by atoms with Crippen molar-refractivity contribution in [2.24, 2.45) is 5.73 Å². The van der Waals surface area contributed by atoms with Gasteiger partial charge in [0.05, 0.1) is 13.2 Å². The smallest absolute Gasteiger partial charge is 0.293 e. The highest BCUT2D eigenvalue weighted by Gasteiger charge is 2.10. The summed E-state index contributed by atoms with van der Waals surface area (Å²) in [5.74, 6) is -0.949. The first-order valence-corrected chi connectivity index (χ1v) is 4.35. The number of ether oxygens (including phenoxy) is 1. The number of hydrogen-bond donors (Lipinski definition) is 3. The van der Waals surface area contributed by atoms with Crippen LogP contribution in [-0.4, -0.2) is 42.6 Å². The van der Waals surface area contributed by atoms with E-state index in [1.165, 1.54) is 0 Å². The molecule has 0 aliphatic heterocycles. The molecule has 0 spiro atoms. The highest BCUT2D eigenvalue weighted by atomic mass is 16.5. The number of primary amides is 1. The van der Waals surface area contributed by atoms with E-state index >= 15 is 0 Å². The topological polar surface area (TPSA) is 119 Å². The summed E-state index contributed by atoms with van der Waals surface area (Å²) < 4.78 is 4.43. The van der Waals surface area contributed by atoms with Crippen molar-refractivity contribution in [2.45, 2.75) is 18.9 Å². The Morgan fingerprint density at radius 2 is 2.13 bits per heavy atom. The van der Waals surface area contributed by atoms with Gasteiger partial charge in [-0.2, -0.15) is 0 Å². The molecule has 0 radical (unpaired) electrons. The summed E-state index contributed by atoms with van der Waals surface area (Å²) >= 11 is 0. The molecule has 2 amide bonds. The van der Waals surface area contributed by atoms with E-state index in [-0.39, 0.29) is 38.4 Å². The molecular weight excluding hydrogens is 204 g/mol. The van der Waals surface area contributed by atoms with Crippen LogP contribution in [-0.2, 0) is 19.1 Å². The Labute approximate surface area is 86.6 Å². The lowest BCUT2D eigenvalue weighted by Crippen LogP contribution is -2.35. The van der Waals surface area contributed by atoms with E-state index in [9.17, 15) is 14.4 Å². The molecule has 4 N–H and O–H groups in total. The average molecular weight is 218 g/mol. The molecule has 0 saturated carbocycles. The van der Waals surface area contributed by atoms with Crippen LogP contribution in [0.1, 0.15) is 12.8 Å². The summed E-state index contributed by atoms with van der Waals surface area (Å²) in [5, 5.41) is 11.1. The van der Waals surface area contributed by atoms with Gasteiger partial charge in [-0.3, -0.25) is 14.4 Å². The van der Waals surface area contributed by atoms with E-state index in [1.807, 2.05) is 0 Å². The normalized spacial score (nSPS) is 11.5. The SMILES string of the molecule is NC(=O)CCC(=O)NCC(CO)OC=O. The molecule has 86 valence electrons. The van der Waals surface area contributed by atoms with Crippen molar-refractivity contribution in [2.75, 3.05) is 13.2 Å². The van der Waals surface area contributed by atoms with Gasteiger partial charge in [-0.05, 0) is 0 Å². The first-order chi connectivity index (χ1) is 7.10. The van der Waals surface area contributed by atoms with E-state index in [2.05, 4.69) is 10.1 Å². The van der Waals surface area contributed by atoms with Crippen molar-refractivity contribution >= 4 is 18.3 Å². The van der Waals surface area contributed by atoms with Crippen LogP contribution in [0.3, 0.4) is 0 Å². The Balaban J connectivity index is 3.67. The molecule has 15 heavy (non-hydrogen) atoms. The van der Waals surface area contributed by atoms with Crippen LogP contribution in [0.2, 0.25) is 0 Å². The van der Waals surface area contributed by atoms with Gasteiger partial charge in [0.1, 0.15) is 6.10 Å². The maximum absolute atomic E-state index is 11.0. The third-order valence-corrected chi connectivity index (χ3v) is 1.58. The number of carbonyl (C=O) groups excluding carboxylic acids is 3. The Kier molecular flexibility index (Phi) is 6.90. The number of hydrogen-bond acceptors (Lipinski definition) is 5. The molecule has 7 nitrogen and oxygen atoms in total. The zero-order valence-corrected chi connectivity index (χ0v) is 8.14. The summed E-state index contributed by atoms with van der Waals surface area (Å²) in [6.07, 6.45) is -0.821. The molecule has 0 aliphatic rings. The third-order valence-electron chi connectivity index (χ3n) is 1.58. The zero-order valence-electron chi connectivity index (χ0n) is 8.14. The van der Waals surface area contributed by atoms with Crippen LogP contribution in [0.15, 0.2) is 0 Å². The Morgan fingerprint density at radius 1 is 1.47 bits per heavy atom. The lowest BCUT2D eigenvalue weighted by molar-refractivity contribution is -0.136. The van der Waals surface area contributed by atoms with E-state index in [0.717, 1.165) is 0 Å². The third kappa shape index (κ3) is 7.44. The molecule has 0 aromatic heterocycles. The second-order valence-electron chi connectivity index (χ2n) is 2.81. The van der Waals surface area contributed by atoms with E-state index < -0.39 is 12.0 Å². The van der Waals surface area contributed by atoms with E-state index in [4.69, 9.17) is 10.8 Å². The van der Waals surface area contributed by atoms with Crippen molar-refractivity contribution in [1.82, 2.24) is 5.32 Å². The van der Waals surface area contributed by atoms with Crippen molar-refractivity contribution < 1.29 is 24.2 Å². The number of aliphatic hydroxyl groups excluding tert-OH is 1. The van der Waals surface area contributed by atoms with Crippen molar-refractivity contribution in [3.8, 4) is 0 Å². The minimum Gasteiger partial charge on any atom is -0.460 e. The molecule has 0 saturated heterocycles. The monoisotopic (exact) mass is 218 g/mol. The van der Waals surface area contributed by atoms with Crippen LogP contribution in [0, 0.1) is 0 Å². The molecule has 0 heterocycles. The van der Waals surface area contributed by atoms with Crippen molar-refractivity contribution in [3.63, 3.8) is 0 Å². The number of amides is 2. The van der Waals surface area contributed by atoms with Crippen molar-refractivity contribution in [3.05, 3.63) is 0 Å². The van der Waals surface area contributed by atoms with Crippen LogP contribution < -0.4 is 11.1 Å². The van der Waals surface area contributed by atoms with Crippen LogP contribution in [0.5, 0.6) is 0 Å². The van der Waals surface area contributed by atoms with Gasteiger partial charge < -0.3 is 20.9 Å². The van der Waals surface area contributed by atoms with Gasteiger partial charge in [0.15, 0.2) is 0 Å². The summed E-state index contributed by atoms with van der Waals surface area (Å²) in [7, 11) is 0. The fourth-order valence-electron chi connectivity index (χ4n) is 0.787. The lowest BCUT2D eigenvalue weighted by Gasteiger charge is -2.12. The van der Waals surface area contributed by atoms with Crippen LogP contribution >= 0.6 is 0 Å². The van der Waals surface area contributed by atoms with Crippen LogP contribution in [0.25, 0.3) is 0 Å². The predicted molar refractivity (Wildman–Crippen MR) is 49.5 cm³/mol. The number of nitrogens with two attached hydrogens (primary N) is 1. The van der Waals surface area contributed by atoms with Gasteiger partial charge >= 0.3 is 0 Å². The van der Waals surface area contributed by atoms with Gasteiger partial charge in [-0.25, -0.2) is 0 Å². The second-order valence-corrected chi connectivity index (χ2v) is 2.81. The van der Waals surface area contributed by atoms with Gasteiger partial charge in [0.2, 0.25) is 11.8 Å². The first-order valence-electron chi connectivity index (χ1n) is 4.35. The summed E-state index contributed by atoms with van der Waals surface area (Å²) in [6.45, 7) is -0.182. The molecule has 0 aliphatic carbocycles. The van der Waals surface area contributed by atoms with Gasteiger partial charge in [0.25, 0.3) is 6.47 Å². The quantitative estimate of drug-likeness (QED) is 0.403. The highest BCUT2D eigenvalue weighted by molar-refractivity contribution is 5.82. The maximum Gasteiger partial charge on any atom is 0.293 e. The zero-order chi connectivity index (χ0) is 11.7. The number of rotatable bonds is 8. The number of nitrogens with one attached hydrogen (secondary N) is 1. The fraction of sp³-hybridized carbons (Fsp3) is 0.625. The largest absolute Gasteiger partial charge is 0.460 e. The number of aliphatic hydroxyl groups is 1. The van der Waals surface area contributed by atoms with Gasteiger partial charge in [-0.15, -0.1) is 0 Å². The predicted octanol–water partition coefficient (Wildman–Crippen LogP) is -2.10. The summed E-state index contributed by atoms with van der Waals surface area (Å²) in [6, 6.07) is 0. The molecule has 0 fully saturated rings. The molecule has 0 aromatic carbocycles. The molecule has 1 unspecified atom stereocenters. The van der Waals surface area contributed by atoms with Gasteiger partial charge in [-0.1, -0.05) is 0 Å². The molecule has 7 heteroatoms. The Morgan fingerprint density at radius 3 is 2.60 bits per heavy atom. The minimum absolute atomic E-state index is 0.00678. The average Bonchev–Trinajstić information content (AvgIpc) is 2.21. The standard InChI is InChI=1S/C8H14N2O5/c9-7(13)1-2-8(14)10-3-6(4-11)15-5-12/h5-6,11H,1-4H2,(H2,9,13)(H,10,14). The fourth-order valence-corrected chi connectivity index (χ4v) is 0.787. The first kappa shape index (κ1) is 13.4. The highest BCUT2D eigenvalue weighted by Crippen LogP contribution is 1.90. The minimum atomic E-state index is -0.764. The van der Waals surface area contributed by atoms with Crippen LogP contribution in [0.4, 0.5) is 0 Å². The summed E-state index contributed by atoms with van der Waals surface area (Å²) in [5.41, 5.74) is 4.84. The van der Waals surface area contributed by atoms with E-state index in [1.54, 1.807) is 0 Å². The van der Waals surface area contributed by atoms with E-state index in [0.29, 0.717) is 0 Å². The Bertz CT molecular complexity index is 231. The van der Waals surface area contributed by atoms with Gasteiger partial charge in [0, 0.05) is 12.8 Å². The van der Waals surface area contributed by atoms with Crippen molar-refractivity contribution in [1.29, 1.82) is 0 Å². The Hall–Kier alpha value is -1.63. The molecule has 0 aromatic rings. The number of carbonyl (C=O) groups is 3. The summed E-state index contributed by atoms with van der Waals surface area (Å²) in [4.78, 5) is 31.3. The molecule has 0 rings (SSSR count). The second kappa shape index (κ2) is 7.74. The lowest BCUT2D eigenvalue weighted by atomic mass is 10.3. The maximum atomic E-state index is 11.0. The molecule has 1 atom stereocenters. The molecule has 0 bridgehead atoms. The molecular formula is C8H14N2O5.